The number of thiophene rings is 1. The molecule has 1 aliphatic heterocycles. The summed E-state index contributed by atoms with van der Waals surface area (Å²) in [6.45, 7) is 8.67. The minimum Gasteiger partial charge on any atom is -0.374 e. The average molecular weight is 296 g/mol. The fourth-order valence-electron chi connectivity index (χ4n) is 2.85. The molecule has 20 heavy (non-hydrogen) atoms. The van der Waals surface area contributed by atoms with Crippen molar-refractivity contribution in [3.8, 4) is 0 Å². The Morgan fingerprint density at radius 2 is 2.20 bits per heavy atom. The van der Waals surface area contributed by atoms with E-state index in [9.17, 15) is 0 Å². The molecule has 0 aliphatic carbocycles. The Labute approximate surface area is 127 Å². The number of nitrogens with zero attached hydrogens (tertiary/aromatic N) is 1. The lowest BCUT2D eigenvalue weighted by atomic mass is 10.0. The van der Waals surface area contributed by atoms with Crippen LogP contribution in [0.15, 0.2) is 12.1 Å². The second-order valence-electron chi connectivity index (χ2n) is 5.53. The molecule has 0 saturated carbocycles. The van der Waals surface area contributed by atoms with Gasteiger partial charge in [-0.3, -0.25) is 4.90 Å². The summed E-state index contributed by atoms with van der Waals surface area (Å²) < 4.78 is 6.01. The second kappa shape index (κ2) is 8.13. The lowest BCUT2D eigenvalue weighted by molar-refractivity contribution is -0.0449. The molecular weight excluding hydrogens is 268 g/mol. The first-order chi connectivity index (χ1) is 9.76. The number of morpholine rings is 1. The fraction of sp³-hybridized carbons (Fsp3) is 0.750. The summed E-state index contributed by atoms with van der Waals surface area (Å²) in [5.41, 5.74) is 0. The van der Waals surface area contributed by atoms with E-state index in [2.05, 4.69) is 43.2 Å². The van der Waals surface area contributed by atoms with Crippen molar-refractivity contribution in [3.05, 3.63) is 21.9 Å². The Hall–Kier alpha value is -0.420. The Bertz CT molecular complexity index is 392. The van der Waals surface area contributed by atoms with E-state index in [0.717, 1.165) is 32.5 Å². The number of hydrogen-bond donors (Lipinski definition) is 1. The molecule has 0 radical (unpaired) electrons. The molecule has 2 rings (SSSR count). The van der Waals surface area contributed by atoms with Crippen LogP contribution in [0.2, 0.25) is 0 Å². The quantitative estimate of drug-likeness (QED) is 0.837. The molecule has 1 aromatic heterocycles. The Morgan fingerprint density at radius 1 is 1.40 bits per heavy atom. The van der Waals surface area contributed by atoms with Gasteiger partial charge in [0, 0.05) is 28.9 Å². The maximum Gasteiger partial charge on any atom is 0.0858 e. The highest BCUT2D eigenvalue weighted by Gasteiger charge is 2.27. The Kier molecular flexibility index (Phi) is 6.49. The van der Waals surface area contributed by atoms with Gasteiger partial charge < -0.3 is 10.1 Å². The zero-order valence-electron chi connectivity index (χ0n) is 13.0. The first-order valence-corrected chi connectivity index (χ1v) is 8.67. The normalized spacial score (nSPS) is 22.1. The van der Waals surface area contributed by atoms with Gasteiger partial charge in [0.05, 0.1) is 12.7 Å². The van der Waals surface area contributed by atoms with Crippen molar-refractivity contribution in [2.45, 2.75) is 45.3 Å². The van der Waals surface area contributed by atoms with Gasteiger partial charge in [-0.2, -0.15) is 0 Å². The molecular formula is C16H28N2OS. The van der Waals surface area contributed by atoms with Crippen molar-refractivity contribution in [2.24, 2.45) is 0 Å². The number of nitrogens with one attached hydrogen (secondary N) is 1. The molecule has 1 fully saturated rings. The monoisotopic (exact) mass is 296 g/mol. The van der Waals surface area contributed by atoms with Crippen molar-refractivity contribution < 1.29 is 4.74 Å². The highest BCUT2D eigenvalue weighted by Crippen LogP contribution is 2.21. The summed E-state index contributed by atoms with van der Waals surface area (Å²) in [6, 6.07) is 4.95. The molecule has 4 heteroatoms. The molecule has 114 valence electrons. The predicted octanol–water partition coefficient (Wildman–Crippen LogP) is 2.55. The van der Waals surface area contributed by atoms with Crippen LogP contribution in [0.5, 0.6) is 0 Å². The van der Waals surface area contributed by atoms with Crippen LogP contribution in [-0.4, -0.2) is 50.3 Å². The summed E-state index contributed by atoms with van der Waals surface area (Å²) in [5, 5.41) is 3.47. The van der Waals surface area contributed by atoms with Crippen molar-refractivity contribution in [1.29, 1.82) is 0 Å². The maximum absolute atomic E-state index is 6.01. The van der Waals surface area contributed by atoms with Gasteiger partial charge in [0.2, 0.25) is 0 Å². The van der Waals surface area contributed by atoms with Crippen LogP contribution in [0.25, 0.3) is 0 Å². The van der Waals surface area contributed by atoms with Gasteiger partial charge in [0.1, 0.15) is 0 Å². The number of aryl methyl sites for hydroxylation is 1. The fourth-order valence-corrected chi connectivity index (χ4v) is 3.87. The van der Waals surface area contributed by atoms with Crippen LogP contribution >= 0.6 is 11.3 Å². The molecule has 1 N–H and O–H groups in total. The SMILES string of the molecule is CCCN1CCOC(C(Cc2ccc(CC)s2)NC)C1. The van der Waals surface area contributed by atoms with E-state index in [1.807, 2.05) is 11.3 Å². The van der Waals surface area contributed by atoms with Gasteiger partial charge in [0.15, 0.2) is 0 Å². The second-order valence-corrected chi connectivity index (χ2v) is 6.78. The predicted molar refractivity (Wildman–Crippen MR) is 86.7 cm³/mol. The van der Waals surface area contributed by atoms with Gasteiger partial charge >= 0.3 is 0 Å². The van der Waals surface area contributed by atoms with Crippen LogP contribution in [0.3, 0.4) is 0 Å². The zero-order chi connectivity index (χ0) is 14.4. The van der Waals surface area contributed by atoms with Crippen LogP contribution < -0.4 is 5.32 Å². The molecule has 3 nitrogen and oxygen atoms in total. The Morgan fingerprint density at radius 3 is 2.85 bits per heavy atom. The first kappa shape index (κ1) is 16.0. The molecule has 0 bridgehead atoms. The van der Waals surface area contributed by atoms with Gasteiger partial charge in [0.25, 0.3) is 0 Å². The summed E-state index contributed by atoms with van der Waals surface area (Å²) in [4.78, 5) is 5.48. The minimum atomic E-state index is 0.312. The number of rotatable bonds is 7. The van der Waals surface area contributed by atoms with E-state index >= 15 is 0 Å². The Balaban J connectivity index is 1.93. The molecule has 1 aromatic rings. The standard InChI is InChI=1S/C16H28N2OS/c1-4-8-18-9-10-19-16(12-18)15(17-3)11-14-7-6-13(5-2)20-14/h6-7,15-17H,4-5,8-12H2,1-3H3. The van der Waals surface area contributed by atoms with E-state index in [1.165, 1.54) is 22.7 Å². The van der Waals surface area contributed by atoms with E-state index in [4.69, 9.17) is 4.74 Å². The number of likely N-dealkylation sites (N-methyl/N-ethyl adjacent to an activating group) is 1. The minimum absolute atomic E-state index is 0.312. The topological polar surface area (TPSA) is 24.5 Å². The van der Waals surface area contributed by atoms with Crippen molar-refractivity contribution in [3.63, 3.8) is 0 Å². The van der Waals surface area contributed by atoms with Crippen LogP contribution in [0.1, 0.15) is 30.0 Å². The third kappa shape index (κ3) is 4.29. The molecule has 1 aliphatic rings. The third-order valence-corrected chi connectivity index (χ3v) is 5.28. The molecule has 2 atom stereocenters. The number of hydrogen-bond acceptors (Lipinski definition) is 4. The van der Waals surface area contributed by atoms with Crippen molar-refractivity contribution in [2.75, 3.05) is 33.3 Å². The molecule has 2 heterocycles. The lowest BCUT2D eigenvalue weighted by Gasteiger charge is -2.36. The average Bonchev–Trinajstić information content (AvgIpc) is 2.93. The van der Waals surface area contributed by atoms with Crippen LogP contribution in [0.4, 0.5) is 0 Å². The van der Waals surface area contributed by atoms with E-state index in [-0.39, 0.29) is 0 Å². The van der Waals surface area contributed by atoms with Crippen molar-refractivity contribution in [1.82, 2.24) is 10.2 Å². The van der Waals surface area contributed by atoms with E-state index in [1.54, 1.807) is 0 Å². The smallest absolute Gasteiger partial charge is 0.0858 e. The zero-order valence-corrected chi connectivity index (χ0v) is 13.8. The summed E-state index contributed by atoms with van der Waals surface area (Å²) >= 11 is 1.94. The summed E-state index contributed by atoms with van der Waals surface area (Å²) in [5.74, 6) is 0. The van der Waals surface area contributed by atoms with Gasteiger partial charge in [-0.05, 0) is 45.0 Å². The van der Waals surface area contributed by atoms with Crippen LogP contribution in [0, 0.1) is 0 Å². The molecule has 0 amide bonds. The lowest BCUT2D eigenvalue weighted by Crippen LogP contribution is -2.52. The maximum atomic E-state index is 6.01. The van der Waals surface area contributed by atoms with Gasteiger partial charge in [-0.15, -0.1) is 11.3 Å². The molecule has 0 aromatic carbocycles. The molecule has 2 unspecified atom stereocenters. The van der Waals surface area contributed by atoms with Crippen molar-refractivity contribution >= 4 is 11.3 Å². The highest BCUT2D eigenvalue weighted by molar-refractivity contribution is 7.11. The number of ether oxygens (including phenoxy) is 1. The summed E-state index contributed by atoms with van der Waals surface area (Å²) in [6.07, 6.45) is 3.75. The highest BCUT2D eigenvalue weighted by atomic mass is 32.1. The van der Waals surface area contributed by atoms with Gasteiger partial charge in [-0.1, -0.05) is 13.8 Å². The third-order valence-electron chi connectivity index (χ3n) is 4.02. The van der Waals surface area contributed by atoms with E-state index < -0.39 is 0 Å². The summed E-state index contributed by atoms with van der Waals surface area (Å²) in [7, 11) is 2.06. The molecule has 1 saturated heterocycles. The van der Waals surface area contributed by atoms with Crippen LogP contribution in [-0.2, 0) is 17.6 Å². The van der Waals surface area contributed by atoms with Gasteiger partial charge in [-0.25, -0.2) is 0 Å². The van der Waals surface area contributed by atoms with E-state index in [0.29, 0.717) is 12.1 Å². The molecule has 0 spiro atoms. The first-order valence-electron chi connectivity index (χ1n) is 7.85. The largest absolute Gasteiger partial charge is 0.374 e.